The molecular weight excluding hydrogens is 468 g/mol. The molecule has 0 radical (unpaired) electrons. The zero-order valence-corrected chi connectivity index (χ0v) is 21.7. The maximum Gasteiger partial charge on any atom is 0.251 e. The molecule has 2 unspecified atom stereocenters. The lowest BCUT2D eigenvalue weighted by molar-refractivity contribution is 0.0824. The molecule has 3 fully saturated rings. The van der Waals surface area contributed by atoms with Crippen LogP contribution in [0.1, 0.15) is 60.9 Å². The number of imidazole rings is 1. The lowest BCUT2D eigenvalue weighted by Gasteiger charge is -2.41. The maximum absolute atomic E-state index is 13.3. The van der Waals surface area contributed by atoms with Crippen molar-refractivity contribution in [3.63, 3.8) is 0 Å². The molecule has 1 aromatic heterocycles. The molecule has 0 spiro atoms. The summed E-state index contributed by atoms with van der Waals surface area (Å²) in [6.07, 6.45) is 8.84. The third-order valence-electron chi connectivity index (χ3n) is 9.20. The van der Waals surface area contributed by atoms with Gasteiger partial charge in [-0.05, 0) is 85.8 Å². The molecular formula is C33H34N4O. The number of amides is 1. The van der Waals surface area contributed by atoms with Crippen molar-refractivity contribution in [2.75, 3.05) is 5.32 Å². The fourth-order valence-electron chi connectivity index (χ4n) is 7.52. The average Bonchev–Trinajstić information content (AvgIpc) is 3.45. The van der Waals surface area contributed by atoms with Crippen molar-refractivity contribution in [1.82, 2.24) is 15.3 Å². The van der Waals surface area contributed by atoms with Crippen LogP contribution < -0.4 is 10.6 Å². The molecule has 3 N–H and O–H groups in total. The summed E-state index contributed by atoms with van der Waals surface area (Å²) >= 11 is 0. The topological polar surface area (TPSA) is 69.8 Å². The fourth-order valence-corrected chi connectivity index (χ4v) is 7.52. The van der Waals surface area contributed by atoms with Gasteiger partial charge in [-0.15, -0.1) is 0 Å². The smallest absolute Gasteiger partial charge is 0.251 e. The van der Waals surface area contributed by atoms with Crippen molar-refractivity contribution in [3.05, 3.63) is 90.5 Å². The SMILES string of the molecule is C=C(Nc1ccc2nc(-c3ccc(C(=O)NC45CCC[C@H]6C[C@@H](CC6C4)C5)cc3)[nH]c2c1)c1ccccc1. The molecule has 3 aliphatic carbocycles. The first-order chi connectivity index (χ1) is 18.5. The number of rotatable bonds is 6. The Labute approximate surface area is 223 Å². The molecule has 3 aliphatic rings. The standard InChI is InChI=1S/C33H34N4O/c1-21(23-6-3-2-4-7-23)34-28-13-14-29-30(18-28)36-31(35-29)24-9-11-25(12-10-24)32(38)37-33-15-5-8-26-16-22(19-33)17-27(26)20-33/h2-4,6-7,9-14,18,22,26-27,34H,1,5,8,15-17,19-20H2,(H,35,36)(H,37,38)/t22-,26-,27?,33?/m0/s1. The zero-order valence-electron chi connectivity index (χ0n) is 21.7. The van der Waals surface area contributed by atoms with Gasteiger partial charge in [0.05, 0.1) is 11.0 Å². The molecule has 0 saturated heterocycles. The Morgan fingerprint density at radius 2 is 1.76 bits per heavy atom. The highest BCUT2D eigenvalue weighted by Crippen LogP contribution is 2.55. The van der Waals surface area contributed by atoms with Crippen LogP contribution in [0.25, 0.3) is 28.1 Å². The fraction of sp³-hybridized carbons (Fsp3) is 0.333. The van der Waals surface area contributed by atoms with Crippen molar-refractivity contribution in [3.8, 4) is 11.4 Å². The van der Waals surface area contributed by atoms with Crippen LogP contribution in [0.2, 0.25) is 0 Å². The van der Waals surface area contributed by atoms with Crippen molar-refractivity contribution in [1.29, 1.82) is 0 Å². The second-order valence-corrected chi connectivity index (χ2v) is 11.8. The highest BCUT2D eigenvalue weighted by Gasteiger charge is 2.50. The number of nitrogens with one attached hydrogen (secondary N) is 3. The van der Waals surface area contributed by atoms with Gasteiger partial charge in [0.25, 0.3) is 5.91 Å². The molecule has 3 bridgehead atoms. The van der Waals surface area contributed by atoms with Gasteiger partial charge >= 0.3 is 0 Å². The minimum Gasteiger partial charge on any atom is -0.355 e. The van der Waals surface area contributed by atoms with E-state index in [9.17, 15) is 4.79 Å². The molecule has 3 aromatic carbocycles. The number of nitrogens with zero attached hydrogens (tertiary/aromatic N) is 1. The van der Waals surface area contributed by atoms with Crippen molar-refractivity contribution < 1.29 is 4.79 Å². The third kappa shape index (κ3) is 4.30. The number of aromatic amines is 1. The van der Waals surface area contributed by atoms with Crippen LogP contribution in [-0.4, -0.2) is 21.4 Å². The number of hydrogen-bond donors (Lipinski definition) is 3. The molecule has 1 heterocycles. The van der Waals surface area contributed by atoms with E-state index in [2.05, 4.69) is 28.3 Å². The Balaban J connectivity index is 1.06. The quantitative estimate of drug-likeness (QED) is 0.257. The van der Waals surface area contributed by atoms with Gasteiger partial charge in [0.1, 0.15) is 5.82 Å². The molecule has 3 saturated carbocycles. The average molecular weight is 503 g/mol. The number of hydrogen-bond acceptors (Lipinski definition) is 3. The summed E-state index contributed by atoms with van der Waals surface area (Å²) < 4.78 is 0. The molecule has 1 amide bonds. The zero-order chi connectivity index (χ0) is 25.7. The van der Waals surface area contributed by atoms with Crippen LogP contribution in [0.15, 0.2) is 79.4 Å². The number of H-pyrrole nitrogens is 1. The number of anilines is 1. The summed E-state index contributed by atoms with van der Waals surface area (Å²) in [5.74, 6) is 3.39. The lowest BCUT2D eigenvalue weighted by atomic mass is 9.73. The van der Waals surface area contributed by atoms with Gasteiger partial charge in [0, 0.05) is 28.1 Å². The number of aromatic nitrogens is 2. The van der Waals surface area contributed by atoms with E-state index in [1.165, 1.54) is 38.5 Å². The number of carbonyl (C=O) groups is 1. The molecule has 7 rings (SSSR count). The summed E-state index contributed by atoms with van der Waals surface area (Å²) in [5, 5.41) is 6.90. The van der Waals surface area contributed by atoms with E-state index in [-0.39, 0.29) is 11.4 Å². The van der Waals surface area contributed by atoms with E-state index in [1.807, 2.05) is 66.7 Å². The van der Waals surface area contributed by atoms with E-state index >= 15 is 0 Å². The van der Waals surface area contributed by atoms with E-state index in [0.717, 1.165) is 69.1 Å². The molecule has 4 atom stereocenters. The van der Waals surface area contributed by atoms with Gasteiger partial charge in [-0.3, -0.25) is 4.79 Å². The summed E-state index contributed by atoms with van der Waals surface area (Å²) in [6, 6.07) is 24.0. The second kappa shape index (κ2) is 9.16. The number of fused-ring (bicyclic) bond motifs is 3. The predicted octanol–water partition coefficient (Wildman–Crippen LogP) is 7.40. The normalized spacial score (nSPS) is 25.7. The minimum atomic E-state index is 0.00484. The van der Waals surface area contributed by atoms with E-state index < -0.39 is 0 Å². The molecule has 0 aliphatic heterocycles. The van der Waals surface area contributed by atoms with Crippen LogP contribution >= 0.6 is 0 Å². The highest BCUT2D eigenvalue weighted by atomic mass is 16.1. The van der Waals surface area contributed by atoms with E-state index in [0.29, 0.717) is 0 Å². The Kier molecular flexibility index (Phi) is 5.61. The first-order valence-corrected chi connectivity index (χ1v) is 14.0. The van der Waals surface area contributed by atoms with Gasteiger partial charge < -0.3 is 15.6 Å². The summed E-state index contributed by atoms with van der Waals surface area (Å²) in [5.41, 5.74) is 6.40. The Bertz CT molecular complexity index is 1510. The first-order valence-electron chi connectivity index (χ1n) is 14.0. The Morgan fingerprint density at radius 3 is 2.61 bits per heavy atom. The highest BCUT2D eigenvalue weighted by molar-refractivity contribution is 5.95. The third-order valence-corrected chi connectivity index (χ3v) is 9.20. The lowest BCUT2D eigenvalue weighted by Crippen LogP contribution is -2.51. The maximum atomic E-state index is 13.3. The van der Waals surface area contributed by atoms with Crippen molar-refractivity contribution in [2.24, 2.45) is 17.8 Å². The molecule has 38 heavy (non-hydrogen) atoms. The van der Waals surface area contributed by atoms with Crippen molar-refractivity contribution in [2.45, 2.75) is 50.5 Å². The van der Waals surface area contributed by atoms with Crippen molar-refractivity contribution >= 4 is 28.3 Å². The molecule has 5 nitrogen and oxygen atoms in total. The van der Waals surface area contributed by atoms with E-state index in [4.69, 9.17) is 4.98 Å². The largest absolute Gasteiger partial charge is 0.355 e. The van der Waals surface area contributed by atoms with Crippen LogP contribution in [0.3, 0.4) is 0 Å². The number of carbonyl (C=O) groups excluding carboxylic acids is 1. The predicted molar refractivity (Wildman–Crippen MR) is 154 cm³/mol. The molecule has 5 heteroatoms. The second-order valence-electron chi connectivity index (χ2n) is 11.8. The summed E-state index contributed by atoms with van der Waals surface area (Å²) in [7, 11) is 0. The van der Waals surface area contributed by atoms with Gasteiger partial charge in [-0.2, -0.15) is 0 Å². The minimum absolute atomic E-state index is 0.00484. The summed E-state index contributed by atoms with van der Waals surface area (Å²) in [6.45, 7) is 4.17. The van der Waals surface area contributed by atoms with Gasteiger partial charge in [0.15, 0.2) is 0 Å². The van der Waals surface area contributed by atoms with E-state index in [1.54, 1.807) is 0 Å². The first kappa shape index (κ1) is 23.3. The Hall–Kier alpha value is -3.86. The van der Waals surface area contributed by atoms with Crippen LogP contribution in [0.5, 0.6) is 0 Å². The van der Waals surface area contributed by atoms with Gasteiger partial charge in [0.2, 0.25) is 0 Å². The van der Waals surface area contributed by atoms with Gasteiger partial charge in [-0.25, -0.2) is 4.98 Å². The molecule has 4 aromatic rings. The number of benzene rings is 3. The van der Waals surface area contributed by atoms with Gasteiger partial charge in [-0.1, -0.05) is 61.9 Å². The Morgan fingerprint density at radius 1 is 0.947 bits per heavy atom. The van der Waals surface area contributed by atoms with Crippen LogP contribution in [0, 0.1) is 17.8 Å². The monoisotopic (exact) mass is 502 g/mol. The molecule has 192 valence electrons. The van der Waals surface area contributed by atoms with Crippen LogP contribution in [-0.2, 0) is 0 Å². The van der Waals surface area contributed by atoms with Crippen LogP contribution in [0.4, 0.5) is 5.69 Å². The summed E-state index contributed by atoms with van der Waals surface area (Å²) in [4.78, 5) is 21.5.